The first kappa shape index (κ1) is 16.0. The average molecular weight is 316 g/mol. The van der Waals surface area contributed by atoms with Crippen molar-refractivity contribution in [2.45, 2.75) is 19.9 Å². The molecule has 0 spiro atoms. The molecule has 1 aromatic carbocycles. The SMILES string of the molecule is Cc1noc([C@H]2CN(CCOc3ccccc3C)CCN2C)n1. The van der Waals surface area contributed by atoms with E-state index in [0.29, 0.717) is 18.3 Å². The minimum atomic E-state index is 0.156. The number of aromatic nitrogens is 2. The summed E-state index contributed by atoms with van der Waals surface area (Å²) in [5.74, 6) is 2.36. The van der Waals surface area contributed by atoms with E-state index < -0.39 is 0 Å². The fraction of sp³-hybridized carbons (Fsp3) is 0.529. The van der Waals surface area contributed by atoms with Crippen molar-refractivity contribution in [3.8, 4) is 5.75 Å². The molecule has 1 aromatic heterocycles. The average Bonchev–Trinajstić information content (AvgIpc) is 2.97. The molecule has 1 fully saturated rings. The largest absolute Gasteiger partial charge is 0.492 e. The summed E-state index contributed by atoms with van der Waals surface area (Å²) in [5, 5.41) is 3.91. The zero-order chi connectivity index (χ0) is 16.2. The third-order valence-electron chi connectivity index (χ3n) is 4.32. The predicted octanol–water partition coefficient (Wildman–Crippen LogP) is 2.05. The number of hydrogen-bond donors (Lipinski definition) is 0. The molecule has 0 radical (unpaired) electrons. The summed E-state index contributed by atoms with van der Waals surface area (Å²) >= 11 is 0. The maximum atomic E-state index is 5.90. The molecule has 6 nitrogen and oxygen atoms in total. The second-order valence-corrected chi connectivity index (χ2v) is 6.09. The third kappa shape index (κ3) is 3.89. The number of piperazine rings is 1. The number of aryl methyl sites for hydroxylation is 2. The van der Waals surface area contributed by atoms with Gasteiger partial charge in [-0.15, -0.1) is 0 Å². The molecule has 0 bridgehead atoms. The number of para-hydroxylation sites is 1. The third-order valence-corrected chi connectivity index (χ3v) is 4.32. The zero-order valence-corrected chi connectivity index (χ0v) is 14.0. The van der Waals surface area contributed by atoms with Gasteiger partial charge in [-0.3, -0.25) is 9.80 Å². The van der Waals surface area contributed by atoms with Gasteiger partial charge in [-0.1, -0.05) is 23.4 Å². The minimum absolute atomic E-state index is 0.156. The van der Waals surface area contributed by atoms with E-state index in [1.807, 2.05) is 25.1 Å². The van der Waals surface area contributed by atoms with Gasteiger partial charge in [0.2, 0.25) is 5.89 Å². The molecular formula is C17H24N4O2. The fourth-order valence-corrected chi connectivity index (χ4v) is 2.85. The fourth-order valence-electron chi connectivity index (χ4n) is 2.85. The van der Waals surface area contributed by atoms with Crippen LogP contribution in [0, 0.1) is 13.8 Å². The molecule has 1 aliphatic rings. The Morgan fingerprint density at radius 2 is 2.09 bits per heavy atom. The maximum absolute atomic E-state index is 5.90. The topological polar surface area (TPSA) is 54.6 Å². The Kier molecular flexibility index (Phi) is 4.93. The molecule has 0 aliphatic carbocycles. The van der Waals surface area contributed by atoms with Crippen LogP contribution in [-0.4, -0.2) is 59.8 Å². The Morgan fingerprint density at radius 3 is 2.83 bits per heavy atom. The van der Waals surface area contributed by atoms with E-state index in [1.165, 1.54) is 5.56 Å². The molecule has 0 N–H and O–H groups in total. The maximum Gasteiger partial charge on any atom is 0.245 e. The highest BCUT2D eigenvalue weighted by molar-refractivity contribution is 5.31. The Morgan fingerprint density at radius 1 is 1.26 bits per heavy atom. The first-order valence-corrected chi connectivity index (χ1v) is 8.04. The zero-order valence-electron chi connectivity index (χ0n) is 14.0. The normalized spacial score (nSPS) is 19.9. The van der Waals surface area contributed by atoms with Crippen LogP contribution in [0.3, 0.4) is 0 Å². The van der Waals surface area contributed by atoms with Crippen molar-refractivity contribution >= 4 is 0 Å². The summed E-state index contributed by atoms with van der Waals surface area (Å²) in [6.45, 7) is 8.39. The summed E-state index contributed by atoms with van der Waals surface area (Å²) in [6, 6.07) is 8.28. The number of hydrogen-bond acceptors (Lipinski definition) is 6. The van der Waals surface area contributed by atoms with Gasteiger partial charge in [0.05, 0.1) is 0 Å². The summed E-state index contributed by atoms with van der Waals surface area (Å²) in [7, 11) is 2.10. The van der Waals surface area contributed by atoms with Gasteiger partial charge in [-0.2, -0.15) is 4.98 Å². The Labute approximate surface area is 137 Å². The summed E-state index contributed by atoms with van der Waals surface area (Å²) < 4.78 is 11.3. The van der Waals surface area contributed by atoms with Crippen LogP contribution in [0.4, 0.5) is 0 Å². The van der Waals surface area contributed by atoms with Crippen LogP contribution in [0.1, 0.15) is 23.3 Å². The Bertz CT molecular complexity index is 643. The number of rotatable bonds is 5. The standard InChI is InChI=1S/C17H24N4O2/c1-13-6-4-5-7-16(13)22-11-10-21-9-8-20(3)15(12-21)17-18-14(2)19-23-17/h4-7,15H,8-12H2,1-3H3/t15-/m1/s1. The molecule has 0 unspecified atom stereocenters. The Hall–Kier alpha value is -1.92. The smallest absolute Gasteiger partial charge is 0.245 e. The van der Waals surface area contributed by atoms with Crippen molar-refractivity contribution < 1.29 is 9.26 Å². The van der Waals surface area contributed by atoms with Crippen molar-refractivity contribution in [2.24, 2.45) is 0 Å². The van der Waals surface area contributed by atoms with Crippen molar-refractivity contribution in [2.75, 3.05) is 39.8 Å². The quantitative estimate of drug-likeness (QED) is 0.841. The first-order chi connectivity index (χ1) is 11.1. The van der Waals surface area contributed by atoms with E-state index in [0.717, 1.165) is 31.9 Å². The summed E-state index contributed by atoms with van der Waals surface area (Å²) in [5.41, 5.74) is 1.17. The van der Waals surface area contributed by atoms with Gasteiger partial charge >= 0.3 is 0 Å². The number of ether oxygens (including phenoxy) is 1. The van der Waals surface area contributed by atoms with Gasteiger partial charge in [-0.05, 0) is 32.5 Å². The summed E-state index contributed by atoms with van der Waals surface area (Å²) in [6.07, 6.45) is 0. The van der Waals surface area contributed by atoms with Crippen molar-refractivity contribution in [1.82, 2.24) is 19.9 Å². The van der Waals surface area contributed by atoms with Gasteiger partial charge < -0.3 is 9.26 Å². The monoisotopic (exact) mass is 316 g/mol. The number of nitrogens with zero attached hydrogens (tertiary/aromatic N) is 4. The first-order valence-electron chi connectivity index (χ1n) is 8.04. The lowest BCUT2D eigenvalue weighted by Gasteiger charge is -2.37. The van der Waals surface area contributed by atoms with Crippen LogP contribution in [0.2, 0.25) is 0 Å². The van der Waals surface area contributed by atoms with E-state index >= 15 is 0 Å². The highest BCUT2D eigenvalue weighted by Gasteiger charge is 2.29. The van der Waals surface area contributed by atoms with E-state index in [1.54, 1.807) is 0 Å². The molecule has 0 saturated carbocycles. The van der Waals surface area contributed by atoms with Crippen LogP contribution in [0.25, 0.3) is 0 Å². The van der Waals surface area contributed by atoms with Crippen molar-refractivity contribution in [1.29, 1.82) is 0 Å². The van der Waals surface area contributed by atoms with Crippen LogP contribution >= 0.6 is 0 Å². The van der Waals surface area contributed by atoms with E-state index in [2.05, 4.69) is 40.0 Å². The van der Waals surface area contributed by atoms with Gasteiger partial charge in [0, 0.05) is 26.2 Å². The van der Waals surface area contributed by atoms with Crippen LogP contribution in [0.5, 0.6) is 5.75 Å². The van der Waals surface area contributed by atoms with Crippen molar-refractivity contribution in [3.05, 3.63) is 41.5 Å². The lowest BCUT2D eigenvalue weighted by molar-refractivity contribution is 0.0671. The van der Waals surface area contributed by atoms with Gasteiger partial charge in [0.1, 0.15) is 18.4 Å². The molecule has 1 aliphatic heterocycles. The van der Waals surface area contributed by atoms with Crippen molar-refractivity contribution in [3.63, 3.8) is 0 Å². The van der Waals surface area contributed by atoms with Crippen LogP contribution in [-0.2, 0) is 0 Å². The van der Waals surface area contributed by atoms with E-state index in [-0.39, 0.29) is 6.04 Å². The van der Waals surface area contributed by atoms with E-state index in [4.69, 9.17) is 9.26 Å². The molecule has 0 amide bonds. The predicted molar refractivity (Wildman–Crippen MR) is 87.5 cm³/mol. The van der Waals surface area contributed by atoms with Gasteiger partial charge in [-0.25, -0.2) is 0 Å². The lowest BCUT2D eigenvalue weighted by atomic mass is 10.2. The van der Waals surface area contributed by atoms with Gasteiger partial charge in [0.15, 0.2) is 5.82 Å². The second-order valence-electron chi connectivity index (χ2n) is 6.09. The summed E-state index contributed by atoms with van der Waals surface area (Å²) in [4.78, 5) is 9.04. The molecular weight excluding hydrogens is 292 g/mol. The molecule has 3 rings (SSSR count). The second kappa shape index (κ2) is 7.10. The molecule has 2 heterocycles. The highest BCUT2D eigenvalue weighted by Crippen LogP contribution is 2.22. The molecule has 6 heteroatoms. The molecule has 1 saturated heterocycles. The molecule has 124 valence electrons. The van der Waals surface area contributed by atoms with Gasteiger partial charge in [0.25, 0.3) is 0 Å². The molecule has 1 atom stereocenters. The van der Waals surface area contributed by atoms with E-state index in [9.17, 15) is 0 Å². The number of likely N-dealkylation sites (N-methyl/N-ethyl adjacent to an activating group) is 1. The molecule has 2 aromatic rings. The minimum Gasteiger partial charge on any atom is -0.492 e. The van der Waals surface area contributed by atoms with Crippen LogP contribution < -0.4 is 4.74 Å². The van der Waals surface area contributed by atoms with Crippen LogP contribution in [0.15, 0.2) is 28.8 Å². The lowest BCUT2D eigenvalue weighted by Crippen LogP contribution is -2.47. The molecule has 23 heavy (non-hydrogen) atoms. The number of benzene rings is 1. The Balaban J connectivity index is 1.54. The highest BCUT2D eigenvalue weighted by atomic mass is 16.5.